The van der Waals surface area contributed by atoms with Crippen LogP contribution in [0.3, 0.4) is 0 Å². The highest BCUT2D eigenvalue weighted by molar-refractivity contribution is 6.30. The minimum absolute atomic E-state index is 0.148. The number of carbonyl (C=O) groups is 1. The van der Waals surface area contributed by atoms with Gasteiger partial charge >= 0.3 is 0 Å². The standard InChI is InChI=1S/C21H19ClN2O2/c1-14-5-7-15(8-6-14)9-18(25)10-16-3-2-4-19(11-16)26-20-12-17(22)13-24-21(20)23/h2-8,11-13H,9-10H2,1H3,(H2,23,24). The largest absolute Gasteiger partial charge is 0.453 e. The molecule has 2 N–H and O–H groups in total. The van der Waals surface area contributed by atoms with Crippen LogP contribution in [0.4, 0.5) is 5.82 Å². The lowest BCUT2D eigenvalue weighted by Gasteiger charge is -2.09. The fraction of sp³-hybridized carbons (Fsp3) is 0.143. The van der Waals surface area contributed by atoms with E-state index in [0.717, 1.165) is 11.1 Å². The molecule has 1 aromatic heterocycles. The van der Waals surface area contributed by atoms with Crippen LogP contribution in [0.15, 0.2) is 60.8 Å². The monoisotopic (exact) mass is 366 g/mol. The number of halogens is 1. The molecule has 0 saturated heterocycles. The van der Waals surface area contributed by atoms with Crippen molar-refractivity contribution in [1.82, 2.24) is 4.98 Å². The summed E-state index contributed by atoms with van der Waals surface area (Å²) in [4.78, 5) is 16.3. The topological polar surface area (TPSA) is 65.2 Å². The highest BCUT2D eigenvalue weighted by Crippen LogP contribution is 2.28. The summed E-state index contributed by atoms with van der Waals surface area (Å²) in [6.45, 7) is 2.03. The summed E-state index contributed by atoms with van der Waals surface area (Å²) in [5, 5.41) is 0.443. The Labute approximate surface area is 157 Å². The van der Waals surface area contributed by atoms with E-state index in [1.807, 2.05) is 49.4 Å². The number of hydrogen-bond donors (Lipinski definition) is 1. The number of Topliss-reactive ketones (excluding diaryl/α,β-unsaturated/α-hetero) is 1. The van der Waals surface area contributed by atoms with Crippen molar-refractivity contribution in [2.75, 3.05) is 5.73 Å². The Hall–Kier alpha value is -2.85. The lowest BCUT2D eigenvalue weighted by Crippen LogP contribution is -2.06. The minimum atomic E-state index is 0.148. The highest BCUT2D eigenvalue weighted by atomic mass is 35.5. The number of aromatic nitrogens is 1. The predicted octanol–water partition coefficient (Wildman–Crippen LogP) is 4.77. The number of nitrogens with two attached hydrogens (primary N) is 1. The van der Waals surface area contributed by atoms with Crippen LogP contribution >= 0.6 is 11.6 Å². The summed E-state index contributed by atoms with van der Waals surface area (Å²) in [5.74, 6) is 1.38. The van der Waals surface area contributed by atoms with Crippen molar-refractivity contribution in [2.24, 2.45) is 0 Å². The third-order valence-electron chi connectivity index (χ3n) is 3.90. The molecule has 0 amide bonds. The van der Waals surface area contributed by atoms with Crippen LogP contribution < -0.4 is 10.5 Å². The first kappa shape index (κ1) is 18.0. The molecule has 0 bridgehead atoms. The quantitative estimate of drug-likeness (QED) is 0.682. The Kier molecular flexibility index (Phi) is 5.54. The lowest BCUT2D eigenvalue weighted by atomic mass is 10.0. The second kappa shape index (κ2) is 8.02. The van der Waals surface area contributed by atoms with Crippen LogP contribution in [-0.4, -0.2) is 10.8 Å². The summed E-state index contributed by atoms with van der Waals surface area (Å²) in [7, 11) is 0. The molecular formula is C21H19ClN2O2. The van der Waals surface area contributed by atoms with E-state index in [1.165, 1.54) is 11.8 Å². The molecule has 132 valence electrons. The lowest BCUT2D eigenvalue weighted by molar-refractivity contribution is -0.117. The number of ketones is 1. The SMILES string of the molecule is Cc1ccc(CC(=O)Cc2cccc(Oc3cc(Cl)cnc3N)c2)cc1. The van der Waals surface area contributed by atoms with Gasteiger partial charge in [-0.2, -0.15) is 0 Å². The number of anilines is 1. The van der Waals surface area contributed by atoms with Crippen LogP contribution in [0.1, 0.15) is 16.7 Å². The summed E-state index contributed by atoms with van der Waals surface area (Å²) in [6, 6.07) is 17.0. The molecule has 0 spiro atoms. The molecule has 0 aliphatic heterocycles. The molecule has 5 heteroatoms. The Balaban J connectivity index is 1.68. The number of carbonyl (C=O) groups excluding carboxylic acids is 1. The second-order valence-electron chi connectivity index (χ2n) is 6.16. The van der Waals surface area contributed by atoms with Gasteiger partial charge in [0.2, 0.25) is 0 Å². The van der Waals surface area contributed by atoms with E-state index in [1.54, 1.807) is 12.1 Å². The van der Waals surface area contributed by atoms with Crippen molar-refractivity contribution >= 4 is 23.2 Å². The molecule has 26 heavy (non-hydrogen) atoms. The zero-order valence-corrected chi connectivity index (χ0v) is 15.2. The zero-order chi connectivity index (χ0) is 18.5. The van der Waals surface area contributed by atoms with Gasteiger partial charge in [-0.15, -0.1) is 0 Å². The van der Waals surface area contributed by atoms with Gasteiger partial charge in [0.1, 0.15) is 11.5 Å². The molecule has 0 radical (unpaired) electrons. The van der Waals surface area contributed by atoms with Crippen LogP contribution in [-0.2, 0) is 17.6 Å². The molecule has 0 aliphatic rings. The molecule has 2 aromatic carbocycles. The van der Waals surface area contributed by atoms with Crippen molar-refractivity contribution in [3.63, 3.8) is 0 Å². The van der Waals surface area contributed by atoms with Gasteiger partial charge in [-0.25, -0.2) is 4.98 Å². The van der Waals surface area contributed by atoms with Gasteiger partial charge in [-0.05, 0) is 30.2 Å². The number of rotatable bonds is 6. The van der Waals surface area contributed by atoms with Gasteiger partial charge in [0.15, 0.2) is 11.6 Å². The maximum absolute atomic E-state index is 12.3. The average molecular weight is 367 g/mol. The van der Waals surface area contributed by atoms with Crippen molar-refractivity contribution in [2.45, 2.75) is 19.8 Å². The normalized spacial score (nSPS) is 10.5. The highest BCUT2D eigenvalue weighted by Gasteiger charge is 2.08. The van der Waals surface area contributed by atoms with E-state index in [2.05, 4.69) is 4.98 Å². The molecule has 0 fully saturated rings. The van der Waals surface area contributed by atoms with Crippen molar-refractivity contribution in [3.8, 4) is 11.5 Å². The van der Waals surface area contributed by atoms with E-state index < -0.39 is 0 Å². The molecule has 3 aromatic rings. The van der Waals surface area contributed by atoms with E-state index >= 15 is 0 Å². The molecule has 4 nitrogen and oxygen atoms in total. The number of aryl methyl sites for hydroxylation is 1. The summed E-state index contributed by atoms with van der Waals surface area (Å²) < 4.78 is 5.76. The molecule has 1 heterocycles. The van der Waals surface area contributed by atoms with Gasteiger partial charge in [-0.3, -0.25) is 4.79 Å². The Morgan fingerprint density at radius 3 is 2.58 bits per heavy atom. The number of pyridine rings is 1. The molecule has 0 aliphatic carbocycles. The molecule has 3 rings (SSSR count). The van der Waals surface area contributed by atoms with Gasteiger partial charge in [0.25, 0.3) is 0 Å². The summed E-state index contributed by atoms with van der Waals surface area (Å²) in [5.41, 5.74) is 8.89. The molecule has 0 saturated carbocycles. The Bertz CT molecular complexity index is 924. The van der Waals surface area contributed by atoms with Crippen molar-refractivity contribution < 1.29 is 9.53 Å². The number of benzene rings is 2. The van der Waals surface area contributed by atoms with Gasteiger partial charge < -0.3 is 10.5 Å². The zero-order valence-electron chi connectivity index (χ0n) is 14.4. The fourth-order valence-corrected chi connectivity index (χ4v) is 2.73. The smallest absolute Gasteiger partial charge is 0.170 e. The van der Waals surface area contributed by atoms with Crippen LogP contribution in [0.2, 0.25) is 5.02 Å². The van der Waals surface area contributed by atoms with Gasteiger partial charge in [0, 0.05) is 25.1 Å². The van der Waals surface area contributed by atoms with Crippen LogP contribution in [0.5, 0.6) is 11.5 Å². The molecule has 0 unspecified atom stereocenters. The van der Waals surface area contributed by atoms with Crippen molar-refractivity contribution in [3.05, 3.63) is 82.5 Å². The maximum atomic E-state index is 12.3. The van der Waals surface area contributed by atoms with E-state index in [0.29, 0.717) is 29.4 Å². The second-order valence-corrected chi connectivity index (χ2v) is 6.60. The Morgan fingerprint density at radius 2 is 1.81 bits per heavy atom. The number of ether oxygens (including phenoxy) is 1. The third-order valence-corrected chi connectivity index (χ3v) is 4.10. The van der Waals surface area contributed by atoms with E-state index in [9.17, 15) is 4.79 Å². The third kappa shape index (κ3) is 4.83. The van der Waals surface area contributed by atoms with E-state index in [4.69, 9.17) is 22.1 Å². The Morgan fingerprint density at radius 1 is 1.08 bits per heavy atom. The maximum Gasteiger partial charge on any atom is 0.170 e. The number of hydrogen-bond acceptors (Lipinski definition) is 4. The number of nitrogens with zero attached hydrogens (tertiary/aromatic N) is 1. The predicted molar refractivity (Wildman–Crippen MR) is 104 cm³/mol. The average Bonchev–Trinajstić information content (AvgIpc) is 2.60. The van der Waals surface area contributed by atoms with Crippen molar-refractivity contribution in [1.29, 1.82) is 0 Å². The summed E-state index contributed by atoms with van der Waals surface area (Å²) in [6.07, 6.45) is 2.22. The fourth-order valence-electron chi connectivity index (χ4n) is 2.58. The van der Waals surface area contributed by atoms with Crippen LogP contribution in [0.25, 0.3) is 0 Å². The molecular weight excluding hydrogens is 348 g/mol. The first-order chi connectivity index (χ1) is 12.5. The first-order valence-electron chi connectivity index (χ1n) is 8.24. The first-order valence-corrected chi connectivity index (χ1v) is 8.62. The summed E-state index contributed by atoms with van der Waals surface area (Å²) >= 11 is 5.93. The van der Waals surface area contributed by atoms with Gasteiger partial charge in [-0.1, -0.05) is 53.6 Å². The minimum Gasteiger partial charge on any atom is -0.453 e. The van der Waals surface area contributed by atoms with Gasteiger partial charge in [0.05, 0.1) is 5.02 Å². The molecule has 0 atom stereocenters. The number of nitrogen functional groups attached to an aromatic ring is 1. The van der Waals surface area contributed by atoms with Crippen LogP contribution in [0, 0.1) is 6.92 Å². The van der Waals surface area contributed by atoms with E-state index in [-0.39, 0.29) is 11.6 Å².